The molecule has 2 amide bonds. The fourth-order valence-electron chi connectivity index (χ4n) is 2.13. The number of aryl methyl sites for hydroxylation is 2. The molecule has 2 heterocycles. The molecule has 21 heavy (non-hydrogen) atoms. The Balaban J connectivity index is 1.86. The third-order valence-electron chi connectivity index (χ3n) is 3.21. The van der Waals surface area contributed by atoms with Gasteiger partial charge in [0.05, 0.1) is 18.8 Å². The molecule has 0 aromatic carbocycles. The topological polar surface area (TPSA) is 103 Å². The second-order valence-corrected chi connectivity index (χ2v) is 5.22. The first-order valence-electron chi connectivity index (χ1n) is 6.68. The van der Waals surface area contributed by atoms with Gasteiger partial charge in [-0.3, -0.25) is 5.10 Å². The third kappa shape index (κ3) is 3.85. The van der Waals surface area contributed by atoms with Gasteiger partial charge in [-0.05, 0) is 32.9 Å². The van der Waals surface area contributed by atoms with Crippen LogP contribution >= 0.6 is 0 Å². The molecule has 0 fully saturated rings. The van der Waals surface area contributed by atoms with Gasteiger partial charge in [-0.15, -0.1) is 0 Å². The molecule has 0 saturated carbocycles. The summed E-state index contributed by atoms with van der Waals surface area (Å²) in [5.41, 5.74) is 0.291. The van der Waals surface area contributed by atoms with Crippen LogP contribution in [0, 0.1) is 13.8 Å². The summed E-state index contributed by atoms with van der Waals surface area (Å²) < 4.78 is 5.40. The Hall–Kier alpha value is -2.28. The number of urea groups is 1. The van der Waals surface area contributed by atoms with E-state index in [-0.39, 0.29) is 12.6 Å². The van der Waals surface area contributed by atoms with Crippen LogP contribution in [0.3, 0.4) is 0 Å². The SMILES string of the molecule is Cc1cc(C(C)(O)CNC(=O)NCc2ccn[nH]2)c(C)o1. The fourth-order valence-corrected chi connectivity index (χ4v) is 2.13. The van der Waals surface area contributed by atoms with Crippen LogP contribution in [-0.4, -0.2) is 27.9 Å². The van der Waals surface area contributed by atoms with Crippen molar-refractivity contribution in [3.8, 4) is 0 Å². The predicted octanol–water partition coefficient (Wildman–Crippen LogP) is 1.33. The maximum Gasteiger partial charge on any atom is 0.315 e. The van der Waals surface area contributed by atoms with Crippen molar-refractivity contribution in [2.75, 3.05) is 6.54 Å². The molecule has 2 rings (SSSR count). The number of nitrogens with zero attached hydrogens (tertiary/aromatic N) is 1. The van der Waals surface area contributed by atoms with Crippen molar-refractivity contribution in [3.05, 3.63) is 41.1 Å². The average molecular weight is 292 g/mol. The van der Waals surface area contributed by atoms with Gasteiger partial charge in [0.2, 0.25) is 0 Å². The molecule has 4 N–H and O–H groups in total. The molecule has 2 aromatic rings. The number of aliphatic hydroxyl groups is 1. The van der Waals surface area contributed by atoms with Gasteiger partial charge in [-0.25, -0.2) is 4.79 Å². The van der Waals surface area contributed by atoms with Crippen LogP contribution in [0.2, 0.25) is 0 Å². The van der Waals surface area contributed by atoms with Crippen LogP contribution in [0.4, 0.5) is 4.79 Å². The Morgan fingerprint density at radius 3 is 2.81 bits per heavy atom. The number of amides is 2. The molecule has 1 unspecified atom stereocenters. The summed E-state index contributed by atoms with van der Waals surface area (Å²) in [6, 6.07) is 3.19. The number of carbonyl (C=O) groups excluding carboxylic acids is 1. The number of hydrogen-bond donors (Lipinski definition) is 4. The maximum atomic E-state index is 11.7. The van der Waals surface area contributed by atoms with Crippen molar-refractivity contribution >= 4 is 6.03 Å². The first kappa shape index (κ1) is 15.1. The molecule has 1 atom stereocenters. The van der Waals surface area contributed by atoms with Gasteiger partial charge in [0, 0.05) is 11.8 Å². The minimum atomic E-state index is -1.19. The molecule has 0 saturated heterocycles. The molecule has 0 aliphatic rings. The van der Waals surface area contributed by atoms with Crippen LogP contribution < -0.4 is 10.6 Å². The molecule has 114 valence electrons. The second-order valence-electron chi connectivity index (χ2n) is 5.22. The lowest BCUT2D eigenvalue weighted by atomic mass is 9.96. The summed E-state index contributed by atoms with van der Waals surface area (Å²) in [6.45, 7) is 5.67. The molecule has 0 spiro atoms. The monoisotopic (exact) mass is 292 g/mol. The zero-order valence-corrected chi connectivity index (χ0v) is 12.4. The van der Waals surface area contributed by atoms with Gasteiger partial charge in [-0.1, -0.05) is 0 Å². The van der Waals surface area contributed by atoms with E-state index in [2.05, 4.69) is 20.8 Å². The van der Waals surface area contributed by atoms with Crippen molar-refractivity contribution in [1.82, 2.24) is 20.8 Å². The number of aromatic nitrogens is 2. The zero-order valence-electron chi connectivity index (χ0n) is 12.4. The Kier molecular flexibility index (Phi) is 4.32. The van der Waals surface area contributed by atoms with E-state index >= 15 is 0 Å². The number of carbonyl (C=O) groups is 1. The second kappa shape index (κ2) is 6.01. The number of aromatic amines is 1. The highest BCUT2D eigenvalue weighted by Crippen LogP contribution is 2.26. The van der Waals surface area contributed by atoms with E-state index in [0.717, 1.165) is 11.5 Å². The molecule has 0 radical (unpaired) electrons. The third-order valence-corrected chi connectivity index (χ3v) is 3.21. The summed E-state index contributed by atoms with van der Waals surface area (Å²) in [7, 11) is 0. The van der Waals surface area contributed by atoms with Crippen LogP contribution in [0.1, 0.15) is 29.7 Å². The van der Waals surface area contributed by atoms with Crippen LogP contribution in [0.15, 0.2) is 22.7 Å². The zero-order chi connectivity index (χ0) is 15.5. The first-order valence-corrected chi connectivity index (χ1v) is 6.68. The van der Waals surface area contributed by atoms with Crippen molar-refractivity contribution in [2.45, 2.75) is 32.9 Å². The van der Waals surface area contributed by atoms with E-state index in [1.165, 1.54) is 0 Å². The van der Waals surface area contributed by atoms with E-state index in [4.69, 9.17) is 4.42 Å². The van der Waals surface area contributed by atoms with Gasteiger partial charge in [-0.2, -0.15) is 5.10 Å². The number of H-pyrrole nitrogens is 1. The number of furan rings is 1. The Bertz CT molecular complexity index is 602. The molecule has 7 nitrogen and oxygen atoms in total. The predicted molar refractivity (Wildman–Crippen MR) is 76.6 cm³/mol. The first-order chi connectivity index (χ1) is 9.88. The number of hydrogen-bond acceptors (Lipinski definition) is 4. The summed E-state index contributed by atoms with van der Waals surface area (Å²) >= 11 is 0. The lowest BCUT2D eigenvalue weighted by Gasteiger charge is -2.23. The molecule has 0 aliphatic heterocycles. The molecule has 0 aliphatic carbocycles. The van der Waals surface area contributed by atoms with Gasteiger partial charge in [0.15, 0.2) is 0 Å². The fraction of sp³-hybridized carbons (Fsp3) is 0.429. The number of nitrogens with one attached hydrogen (secondary N) is 3. The van der Waals surface area contributed by atoms with Crippen molar-refractivity contribution in [3.63, 3.8) is 0 Å². The molecular formula is C14H20N4O3. The maximum absolute atomic E-state index is 11.7. The van der Waals surface area contributed by atoms with Gasteiger partial charge >= 0.3 is 6.03 Å². The van der Waals surface area contributed by atoms with Crippen molar-refractivity contribution in [1.29, 1.82) is 0 Å². The normalized spacial score (nSPS) is 13.7. The van der Waals surface area contributed by atoms with E-state index in [9.17, 15) is 9.90 Å². The van der Waals surface area contributed by atoms with Crippen molar-refractivity contribution < 1.29 is 14.3 Å². The quantitative estimate of drug-likeness (QED) is 0.667. The summed E-state index contributed by atoms with van der Waals surface area (Å²) in [5, 5.41) is 22.3. The highest BCUT2D eigenvalue weighted by atomic mass is 16.3. The minimum absolute atomic E-state index is 0.0849. The van der Waals surface area contributed by atoms with E-state index in [1.54, 1.807) is 32.2 Å². The highest BCUT2D eigenvalue weighted by Gasteiger charge is 2.28. The summed E-state index contributed by atoms with van der Waals surface area (Å²) in [4.78, 5) is 11.7. The van der Waals surface area contributed by atoms with E-state index < -0.39 is 5.60 Å². The Labute approximate surface area is 122 Å². The minimum Gasteiger partial charge on any atom is -0.466 e. The smallest absolute Gasteiger partial charge is 0.315 e. The summed E-state index contributed by atoms with van der Waals surface area (Å²) in [6.07, 6.45) is 1.61. The van der Waals surface area contributed by atoms with Gasteiger partial charge < -0.3 is 20.2 Å². The van der Waals surface area contributed by atoms with Crippen LogP contribution in [0.25, 0.3) is 0 Å². The molecule has 7 heteroatoms. The van der Waals surface area contributed by atoms with Gasteiger partial charge in [0.25, 0.3) is 0 Å². The van der Waals surface area contributed by atoms with E-state index in [0.29, 0.717) is 17.9 Å². The molecular weight excluding hydrogens is 272 g/mol. The highest BCUT2D eigenvalue weighted by molar-refractivity contribution is 5.73. The number of rotatable bonds is 5. The molecule has 0 bridgehead atoms. The standard InChI is InChI=1S/C14H20N4O3/c1-9-6-12(10(2)21-9)14(3,20)8-16-13(19)15-7-11-4-5-17-18-11/h4-6,20H,7-8H2,1-3H3,(H,17,18)(H2,15,16,19). The van der Waals surface area contributed by atoms with E-state index in [1.807, 2.05) is 6.92 Å². The average Bonchev–Trinajstić information content (AvgIpc) is 3.04. The van der Waals surface area contributed by atoms with Crippen LogP contribution in [0.5, 0.6) is 0 Å². The van der Waals surface area contributed by atoms with Gasteiger partial charge in [0.1, 0.15) is 17.1 Å². The lowest BCUT2D eigenvalue weighted by Crippen LogP contribution is -2.43. The summed E-state index contributed by atoms with van der Waals surface area (Å²) in [5.74, 6) is 1.38. The molecule has 2 aromatic heterocycles. The largest absolute Gasteiger partial charge is 0.466 e. The Morgan fingerprint density at radius 2 is 2.24 bits per heavy atom. The lowest BCUT2D eigenvalue weighted by molar-refractivity contribution is 0.0579. The Morgan fingerprint density at radius 1 is 1.48 bits per heavy atom. The van der Waals surface area contributed by atoms with Crippen LogP contribution in [-0.2, 0) is 12.1 Å². The van der Waals surface area contributed by atoms with Crippen molar-refractivity contribution in [2.24, 2.45) is 0 Å².